The van der Waals surface area contributed by atoms with Crippen LogP contribution in [0.2, 0.25) is 5.02 Å². The molecule has 1 atom stereocenters. The van der Waals surface area contributed by atoms with E-state index < -0.39 is 5.54 Å². The second-order valence-corrected chi connectivity index (χ2v) is 7.10. The molecule has 1 aliphatic heterocycles. The Morgan fingerprint density at radius 2 is 1.96 bits per heavy atom. The maximum Gasteiger partial charge on any atom is 0.325 e. The van der Waals surface area contributed by atoms with Crippen LogP contribution in [0.5, 0.6) is 0 Å². The van der Waals surface area contributed by atoms with Crippen LogP contribution in [0.1, 0.15) is 32.3 Å². The number of aliphatic imine (C=N–C) groups is 1. The Kier molecular flexibility index (Phi) is 7.47. The number of halogens is 1. The van der Waals surface area contributed by atoms with E-state index in [4.69, 9.17) is 11.6 Å². The van der Waals surface area contributed by atoms with E-state index in [1.165, 1.54) is 4.90 Å². The quantitative estimate of drug-likeness (QED) is 0.273. The molecule has 2 rings (SSSR count). The number of nitrogens with zero attached hydrogens (tertiary/aromatic N) is 2. The molecule has 0 spiro atoms. The number of carbonyl (C=O) groups is 2. The van der Waals surface area contributed by atoms with E-state index in [0.29, 0.717) is 38.4 Å². The minimum atomic E-state index is -0.777. The highest BCUT2D eigenvalue weighted by molar-refractivity contribution is 6.31. The van der Waals surface area contributed by atoms with Gasteiger partial charge in [0.2, 0.25) is 0 Å². The number of urea groups is 1. The number of rotatable bonds is 8. The lowest BCUT2D eigenvalue weighted by molar-refractivity contribution is -0.130. The second-order valence-electron chi connectivity index (χ2n) is 6.69. The third kappa shape index (κ3) is 5.35. The Hall–Kier alpha value is -2.28. The molecule has 0 bridgehead atoms. The summed E-state index contributed by atoms with van der Waals surface area (Å²) in [6.07, 6.45) is 2.01. The van der Waals surface area contributed by atoms with Crippen molar-refractivity contribution in [3.05, 3.63) is 34.9 Å². The van der Waals surface area contributed by atoms with Gasteiger partial charge in [0.05, 0.1) is 0 Å². The van der Waals surface area contributed by atoms with Gasteiger partial charge in [-0.05, 0) is 37.8 Å². The van der Waals surface area contributed by atoms with E-state index in [9.17, 15) is 9.59 Å². The van der Waals surface area contributed by atoms with Crippen molar-refractivity contribution in [1.82, 2.24) is 20.9 Å². The molecular weight excluding hydrogens is 366 g/mol. The fraction of sp³-hybridized carbons (Fsp3) is 0.526. The molecular formula is C19H28ClN5O2. The number of hydrogen-bond donors (Lipinski definition) is 3. The lowest BCUT2D eigenvalue weighted by atomic mass is 9.99. The fourth-order valence-electron chi connectivity index (χ4n) is 2.87. The minimum absolute atomic E-state index is 0.155. The van der Waals surface area contributed by atoms with Crippen LogP contribution in [0.3, 0.4) is 0 Å². The van der Waals surface area contributed by atoms with Gasteiger partial charge in [0.25, 0.3) is 5.91 Å². The molecule has 0 radical (unpaired) electrons. The molecule has 3 N–H and O–H groups in total. The van der Waals surface area contributed by atoms with Crippen molar-refractivity contribution in [2.75, 3.05) is 26.7 Å². The Morgan fingerprint density at radius 1 is 1.26 bits per heavy atom. The number of nitrogens with one attached hydrogen (secondary N) is 3. The SMILES string of the molecule is CCC1(C)NC(=O)N(CCCNC(=NC)NCCc2ccccc2Cl)C1=O. The summed E-state index contributed by atoms with van der Waals surface area (Å²) in [6.45, 7) is 5.33. The topological polar surface area (TPSA) is 85.8 Å². The van der Waals surface area contributed by atoms with E-state index in [-0.39, 0.29) is 11.9 Å². The summed E-state index contributed by atoms with van der Waals surface area (Å²) < 4.78 is 0. The van der Waals surface area contributed by atoms with E-state index in [1.807, 2.05) is 31.2 Å². The van der Waals surface area contributed by atoms with Gasteiger partial charge >= 0.3 is 6.03 Å². The summed E-state index contributed by atoms with van der Waals surface area (Å²) in [6, 6.07) is 7.44. The van der Waals surface area contributed by atoms with Crippen LogP contribution in [0.25, 0.3) is 0 Å². The number of carbonyl (C=O) groups excluding carboxylic acids is 2. The van der Waals surface area contributed by atoms with Gasteiger partial charge in [-0.3, -0.25) is 14.7 Å². The maximum absolute atomic E-state index is 12.3. The molecule has 0 saturated carbocycles. The first kappa shape index (κ1) is 21.0. The smallest absolute Gasteiger partial charge is 0.325 e. The highest BCUT2D eigenvalue weighted by Crippen LogP contribution is 2.20. The Labute approximate surface area is 165 Å². The average molecular weight is 394 g/mol. The van der Waals surface area contributed by atoms with Gasteiger partial charge in [0.15, 0.2) is 5.96 Å². The number of benzene rings is 1. The largest absolute Gasteiger partial charge is 0.356 e. The summed E-state index contributed by atoms with van der Waals surface area (Å²) in [7, 11) is 1.70. The molecule has 1 aromatic rings. The van der Waals surface area contributed by atoms with Crippen molar-refractivity contribution in [1.29, 1.82) is 0 Å². The second kappa shape index (κ2) is 9.60. The first-order valence-corrected chi connectivity index (χ1v) is 9.61. The average Bonchev–Trinajstić information content (AvgIpc) is 2.88. The third-order valence-corrected chi connectivity index (χ3v) is 5.14. The monoisotopic (exact) mass is 393 g/mol. The van der Waals surface area contributed by atoms with Gasteiger partial charge in [-0.25, -0.2) is 4.79 Å². The Morgan fingerprint density at radius 3 is 2.59 bits per heavy atom. The predicted octanol–water partition coefficient (Wildman–Crippen LogP) is 2.16. The first-order chi connectivity index (χ1) is 12.9. The molecule has 0 aromatic heterocycles. The van der Waals surface area contributed by atoms with E-state index in [1.54, 1.807) is 14.0 Å². The van der Waals surface area contributed by atoms with Gasteiger partial charge in [-0.2, -0.15) is 0 Å². The first-order valence-electron chi connectivity index (χ1n) is 9.23. The van der Waals surface area contributed by atoms with Crippen molar-refractivity contribution in [2.45, 2.75) is 38.6 Å². The zero-order valence-corrected chi connectivity index (χ0v) is 16.9. The molecule has 1 aromatic carbocycles. The summed E-state index contributed by atoms with van der Waals surface area (Å²) in [5.74, 6) is 0.523. The zero-order chi connectivity index (χ0) is 19.9. The van der Waals surface area contributed by atoms with Crippen molar-refractivity contribution < 1.29 is 9.59 Å². The minimum Gasteiger partial charge on any atom is -0.356 e. The van der Waals surface area contributed by atoms with Gasteiger partial charge in [0.1, 0.15) is 5.54 Å². The summed E-state index contributed by atoms with van der Waals surface area (Å²) in [5, 5.41) is 9.95. The lowest BCUT2D eigenvalue weighted by Crippen LogP contribution is -2.43. The Balaban J connectivity index is 1.70. The van der Waals surface area contributed by atoms with Crippen LogP contribution < -0.4 is 16.0 Å². The van der Waals surface area contributed by atoms with Crippen LogP contribution in [0.4, 0.5) is 4.79 Å². The standard InChI is InChI=1S/C19H28ClN5O2/c1-4-19(2)16(26)25(18(27)24-19)13-7-11-22-17(21-3)23-12-10-14-8-5-6-9-15(14)20/h5-6,8-9H,4,7,10-13H2,1-3H3,(H,24,27)(H2,21,22,23). The van der Waals surface area contributed by atoms with E-state index in [2.05, 4.69) is 20.9 Å². The summed E-state index contributed by atoms with van der Waals surface area (Å²) in [4.78, 5) is 29.8. The highest BCUT2D eigenvalue weighted by Gasteiger charge is 2.45. The van der Waals surface area contributed by atoms with Crippen molar-refractivity contribution in [2.24, 2.45) is 4.99 Å². The molecule has 0 aliphatic carbocycles. The molecule has 1 saturated heterocycles. The molecule has 148 valence electrons. The Bertz CT molecular complexity index is 709. The molecule has 7 nitrogen and oxygen atoms in total. The van der Waals surface area contributed by atoms with Crippen LogP contribution >= 0.6 is 11.6 Å². The predicted molar refractivity (Wildman–Crippen MR) is 108 cm³/mol. The highest BCUT2D eigenvalue weighted by atomic mass is 35.5. The molecule has 27 heavy (non-hydrogen) atoms. The van der Waals surface area contributed by atoms with E-state index >= 15 is 0 Å². The summed E-state index contributed by atoms with van der Waals surface area (Å²) in [5.41, 5.74) is 0.306. The normalized spacial score (nSPS) is 20.0. The van der Waals surface area contributed by atoms with Gasteiger partial charge in [-0.1, -0.05) is 36.7 Å². The third-order valence-electron chi connectivity index (χ3n) is 4.77. The van der Waals surface area contributed by atoms with Gasteiger partial charge in [-0.15, -0.1) is 0 Å². The molecule has 1 aliphatic rings. The van der Waals surface area contributed by atoms with Gasteiger partial charge < -0.3 is 16.0 Å². The maximum atomic E-state index is 12.3. The van der Waals surface area contributed by atoms with Crippen LogP contribution in [-0.2, 0) is 11.2 Å². The number of hydrogen-bond acceptors (Lipinski definition) is 3. The summed E-state index contributed by atoms with van der Waals surface area (Å²) >= 11 is 6.15. The molecule has 3 amide bonds. The number of imide groups is 1. The zero-order valence-electron chi connectivity index (χ0n) is 16.1. The van der Waals surface area contributed by atoms with Crippen LogP contribution in [0.15, 0.2) is 29.3 Å². The van der Waals surface area contributed by atoms with Crippen LogP contribution in [0, 0.1) is 0 Å². The number of guanidine groups is 1. The van der Waals surface area contributed by atoms with Crippen LogP contribution in [-0.4, -0.2) is 55.0 Å². The van der Waals surface area contributed by atoms with Crippen molar-refractivity contribution in [3.8, 4) is 0 Å². The molecule has 8 heteroatoms. The van der Waals surface area contributed by atoms with E-state index in [0.717, 1.165) is 17.0 Å². The van der Waals surface area contributed by atoms with Crippen molar-refractivity contribution >= 4 is 29.5 Å². The van der Waals surface area contributed by atoms with Gasteiger partial charge in [0, 0.05) is 31.7 Å². The lowest BCUT2D eigenvalue weighted by Gasteiger charge is -2.19. The molecule has 1 heterocycles. The molecule has 1 fully saturated rings. The van der Waals surface area contributed by atoms with Crippen molar-refractivity contribution in [3.63, 3.8) is 0 Å². The fourth-order valence-corrected chi connectivity index (χ4v) is 3.10. The molecule has 1 unspecified atom stereocenters. The number of amides is 3.